The fraction of sp³-hybridized carbons (Fsp3) is 0.0833. The third-order valence-corrected chi connectivity index (χ3v) is 3.58. The van der Waals surface area contributed by atoms with E-state index < -0.39 is 0 Å². The fourth-order valence-electron chi connectivity index (χ4n) is 1.38. The molecule has 0 atom stereocenters. The molecule has 2 rings (SSSR count). The zero-order valence-corrected chi connectivity index (χ0v) is 11.1. The lowest BCUT2D eigenvalue weighted by molar-refractivity contribution is 0.413. The summed E-state index contributed by atoms with van der Waals surface area (Å²) in [6.07, 6.45) is 1.62. The number of rotatable bonds is 2. The van der Waals surface area contributed by atoms with E-state index in [1.807, 2.05) is 6.07 Å². The molecule has 2 aromatic rings. The van der Waals surface area contributed by atoms with E-state index in [9.17, 15) is 0 Å². The van der Waals surface area contributed by atoms with Gasteiger partial charge in [-0.25, -0.2) is 0 Å². The zero-order chi connectivity index (χ0) is 12.4. The first-order valence-corrected chi connectivity index (χ1v) is 5.91. The Hall–Kier alpha value is -0.960. The molecule has 0 bridgehead atoms. The predicted octanol–water partition coefficient (Wildman–Crippen LogP) is 4.72. The third-order valence-electron chi connectivity index (χ3n) is 2.28. The van der Waals surface area contributed by atoms with Crippen molar-refractivity contribution in [3.05, 3.63) is 45.5 Å². The monoisotopic (exact) mass is 287 g/mol. The molecular formula is C12H8Cl3NO. The Morgan fingerprint density at radius 3 is 2.35 bits per heavy atom. The lowest BCUT2D eigenvalue weighted by atomic mass is 10.1. The largest absolute Gasteiger partial charge is 0.495 e. The molecule has 0 saturated heterocycles. The maximum absolute atomic E-state index is 6.12. The number of hydrogen-bond acceptors (Lipinski definition) is 2. The van der Waals surface area contributed by atoms with E-state index in [1.54, 1.807) is 31.5 Å². The van der Waals surface area contributed by atoms with Crippen molar-refractivity contribution in [1.82, 2.24) is 4.98 Å². The highest BCUT2D eigenvalue weighted by atomic mass is 35.5. The second kappa shape index (κ2) is 5.13. The highest BCUT2D eigenvalue weighted by Crippen LogP contribution is 2.37. The summed E-state index contributed by atoms with van der Waals surface area (Å²) in [5.41, 5.74) is 1.46. The van der Waals surface area contributed by atoms with E-state index in [0.717, 1.165) is 11.3 Å². The molecule has 0 aliphatic carbocycles. The molecule has 88 valence electrons. The molecule has 1 aromatic heterocycles. The molecule has 0 saturated carbocycles. The first kappa shape index (κ1) is 12.5. The van der Waals surface area contributed by atoms with Crippen LogP contribution in [0, 0.1) is 0 Å². The average Bonchev–Trinajstić information content (AvgIpc) is 2.36. The molecule has 0 unspecified atom stereocenters. The molecular weight excluding hydrogens is 280 g/mol. The molecule has 1 heterocycles. The summed E-state index contributed by atoms with van der Waals surface area (Å²) in [4.78, 5) is 4.24. The van der Waals surface area contributed by atoms with Crippen molar-refractivity contribution in [2.45, 2.75) is 0 Å². The minimum absolute atomic E-state index is 0.337. The second-order valence-electron chi connectivity index (χ2n) is 3.31. The van der Waals surface area contributed by atoms with Crippen molar-refractivity contribution in [3.63, 3.8) is 0 Å². The zero-order valence-electron chi connectivity index (χ0n) is 8.88. The molecule has 17 heavy (non-hydrogen) atoms. The number of pyridine rings is 1. The number of methoxy groups -OCH3 is 1. The highest BCUT2D eigenvalue weighted by molar-refractivity contribution is 6.49. The summed E-state index contributed by atoms with van der Waals surface area (Å²) < 4.78 is 5.04. The molecule has 0 fully saturated rings. The predicted molar refractivity (Wildman–Crippen MR) is 71.3 cm³/mol. The summed E-state index contributed by atoms with van der Waals surface area (Å²) in [6, 6.07) is 7.09. The Morgan fingerprint density at radius 2 is 1.76 bits per heavy atom. The minimum Gasteiger partial charge on any atom is -0.495 e. The SMILES string of the molecule is COc1ccc(-c2ccc(Cl)c(Cl)c2Cl)nc1. The van der Waals surface area contributed by atoms with Gasteiger partial charge in [0.25, 0.3) is 0 Å². The van der Waals surface area contributed by atoms with Crippen LogP contribution in [0.1, 0.15) is 0 Å². The van der Waals surface area contributed by atoms with Gasteiger partial charge in [-0.15, -0.1) is 0 Å². The van der Waals surface area contributed by atoms with E-state index in [-0.39, 0.29) is 0 Å². The summed E-state index contributed by atoms with van der Waals surface area (Å²) in [5.74, 6) is 0.685. The average molecular weight is 289 g/mol. The molecule has 0 aliphatic rings. The Kier molecular flexibility index (Phi) is 3.77. The van der Waals surface area contributed by atoms with Crippen LogP contribution < -0.4 is 4.74 Å². The third kappa shape index (κ3) is 2.49. The van der Waals surface area contributed by atoms with Gasteiger partial charge in [0.2, 0.25) is 0 Å². The van der Waals surface area contributed by atoms with Gasteiger partial charge in [-0.2, -0.15) is 0 Å². The standard InChI is InChI=1S/C12H8Cl3NO/c1-17-7-2-5-10(16-6-7)8-3-4-9(13)12(15)11(8)14/h2-6H,1H3. The summed E-state index contributed by atoms with van der Waals surface area (Å²) in [7, 11) is 1.59. The lowest BCUT2D eigenvalue weighted by Crippen LogP contribution is -1.88. The normalized spacial score (nSPS) is 10.4. The Balaban J connectivity index is 2.49. The number of benzene rings is 1. The second-order valence-corrected chi connectivity index (χ2v) is 4.47. The number of aromatic nitrogens is 1. The molecule has 0 amide bonds. The van der Waals surface area contributed by atoms with Gasteiger partial charge < -0.3 is 4.74 Å². The molecule has 0 radical (unpaired) electrons. The topological polar surface area (TPSA) is 22.1 Å². The van der Waals surface area contributed by atoms with Crippen molar-refractivity contribution in [1.29, 1.82) is 0 Å². The van der Waals surface area contributed by atoms with E-state index >= 15 is 0 Å². The Bertz CT molecular complexity index is 540. The Morgan fingerprint density at radius 1 is 1.00 bits per heavy atom. The number of nitrogens with zero attached hydrogens (tertiary/aromatic N) is 1. The van der Waals surface area contributed by atoms with Crippen LogP contribution in [0.3, 0.4) is 0 Å². The maximum atomic E-state index is 6.12. The fourth-order valence-corrected chi connectivity index (χ4v) is 2.02. The van der Waals surface area contributed by atoms with Gasteiger partial charge in [0.1, 0.15) is 5.75 Å². The first-order chi connectivity index (χ1) is 8.13. The number of ether oxygens (including phenoxy) is 1. The minimum atomic E-state index is 0.337. The van der Waals surface area contributed by atoms with E-state index in [1.165, 1.54) is 0 Å². The van der Waals surface area contributed by atoms with Crippen LogP contribution in [0.5, 0.6) is 5.75 Å². The van der Waals surface area contributed by atoms with Crippen molar-refractivity contribution in [2.75, 3.05) is 7.11 Å². The quantitative estimate of drug-likeness (QED) is 0.746. The van der Waals surface area contributed by atoms with Crippen LogP contribution >= 0.6 is 34.8 Å². The summed E-state index contributed by atoms with van der Waals surface area (Å²) in [6.45, 7) is 0. The summed E-state index contributed by atoms with van der Waals surface area (Å²) >= 11 is 18.0. The molecule has 2 nitrogen and oxygen atoms in total. The van der Waals surface area contributed by atoms with Crippen molar-refractivity contribution in [2.24, 2.45) is 0 Å². The molecule has 0 aliphatic heterocycles. The summed E-state index contributed by atoms with van der Waals surface area (Å²) in [5, 5.41) is 1.16. The Labute approximate surface area is 114 Å². The van der Waals surface area contributed by atoms with Crippen molar-refractivity contribution in [3.8, 4) is 17.0 Å². The van der Waals surface area contributed by atoms with E-state index in [4.69, 9.17) is 39.5 Å². The van der Waals surface area contributed by atoms with Crippen molar-refractivity contribution >= 4 is 34.8 Å². The lowest BCUT2D eigenvalue weighted by Gasteiger charge is -2.07. The van der Waals surface area contributed by atoms with Crippen LogP contribution in [0.15, 0.2) is 30.5 Å². The molecule has 5 heteroatoms. The van der Waals surface area contributed by atoms with Gasteiger partial charge in [0.15, 0.2) is 0 Å². The van der Waals surface area contributed by atoms with Gasteiger partial charge in [-0.3, -0.25) is 4.98 Å². The van der Waals surface area contributed by atoms with E-state index in [0.29, 0.717) is 20.8 Å². The van der Waals surface area contributed by atoms with Gasteiger partial charge in [-0.05, 0) is 24.3 Å². The van der Waals surface area contributed by atoms with Crippen LogP contribution in [0.25, 0.3) is 11.3 Å². The van der Waals surface area contributed by atoms with Crippen LogP contribution in [-0.4, -0.2) is 12.1 Å². The smallest absolute Gasteiger partial charge is 0.137 e. The number of halogens is 3. The van der Waals surface area contributed by atoms with E-state index in [2.05, 4.69) is 4.98 Å². The molecule has 1 aromatic carbocycles. The first-order valence-electron chi connectivity index (χ1n) is 4.77. The van der Waals surface area contributed by atoms with Gasteiger partial charge in [0, 0.05) is 5.56 Å². The van der Waals surface area contributed by atoms with Crippen LogP contribution in [0.2, 0.25) is 15.1 Å². The number of hydrogen-bond donors (Lipinski definition) is 0. The molecule has 0 N–H and O–H groups in total. The van der Waals surface area contributed by atoms with Gasteiger partial charge >= 0.3 is 0 Å². The van der Waals surface area contributed by atoms with Crippen molar-refractivity contribution < 1.29 is 4.74 Å². The van der Waals surface area contributed by atoms with Gasteiger partial charge in [-0.1, -0.05) is 34.8 Å². The maximum Gasteiger partial charge on any atom is 0.137 e. The highest BCUT2D eigenvalue weighted by Gasteiger charge is 2.11. The molecule has 0 spiro atoms. The van der Waals surface area contributed by atoms with Crippen LogP contribution in [0.4, 0.5) is 0 Å². The van der Waals surface area contributed by atoms with Gasteiger partial charge in [0.05, 0.1) is 34.1 Å². The van der Waals surface area contributed by atoms with Crippen LogP contribution in [-0.2, 0) is 0 Å².